The number of carbonyl (C=O) groups excluding carboxylic acids is 3. The maximum absolute atomic E-state index is 13.9. The summed E-state index contributed by atoms with van der Waals surface area (Å²) in [5.74, 6) is -0.651. The van der Waals surface area contributed by atoms with Crippen LogP contribution >= 0.6 is 11.3 Å². The molecular weight excluding hydrogens is 536 g/mol. The minimum absolute atomic E-state index is 0.0495. The van der Waals surface area contributed by atoms with Gasteiger partial charge in [0, 0.05) is 41.8 Å². The third kappa shape index (κ3) is 6.36. The molecule has 3 N–H and O–H groups in total. The van der Waals surface area contributed by atoms with Crippen LogP contribution in [0.15, 0.2) is 42.6 Å². The first-order chi connectivity index (χ1) is 19.1. The number of hydrogen-bond acceptors (Lipinski definition) is 6. The molecule has 0 radical (unpaired) electrons. The number of piperidine rings is 1. The third-order valence-corrected chi connectivity index (χ3v) is 9.30. The molecular formula is C32H40N4O4S. The highest BCUT2D eigenvalue weighted by Gasteiger charge is 2.46. The van der Waals surface area contributed by atoms with Crippen LogP contribution in [0.5, 0.6) is 0 Å². The van der Waals surface area contributed by atoms with Crippen molar-refractivity contribution in [1.29, 1.82) is 0 Å². The molecule has 0 bridgehead atoms. The predicted molar refractivity (Wildman–Crippen MR) is 165 cm³/mol. The van der Waals surface area contributed by atoms with Gasteiger partial charge in [-0.15, -0.1) is 11.3 Å². The number of carbonyl (C=O) groups is 3. The number of aryl methyl sites for hydroxylation is 1. The number of urea groups is 1. The first-order valence-electron chi connectivity index (χ1n) is 13.9. The number of hydrogen-bond donors (Lipinski definition) is 3. The highest BCUT2D eigenvalue weighted by molar-refractivity contribution is 7.16. The van der Waals surface area contributed by atoms with Crippen LogP contribution in [0.3, 0.4) is 0 Å². The number of pyridine rings is 1. The quantitative estimate of drug-likeness (QED) is 0.280. The Labute approximate surface area is 246 Å². The molecule has 41 heavy (non-hydrogen) atoms. The molecule has 0 aliphatic carbocycles. The predicted octanol–water partition coefficient (Wildman–Crippen LogP) is 6.80. The standard InChI is InChI=1S/C32H40N4O4S/c1-18-9-11-21(15-22(18)20-10-12-25(19(2)37)33-17-20)34-30(40)35-28-23(16-26(41-28)31(3,4)5)27(38)24-13-14-36(8)29(39)32(24,6)7/h9-12,15-17,19,24,37H,13-14H2,1-8H3,(H2,34,35,40). The van der Waals surface area contributed by atoms with Crippen molar-refractivity contribution in [3.63, 3.8) is 0 Å². The summed E-state index contributed by atoms with van der Waals surface area (Å²) in [7, 11) is 1.77. The number of rotatable bonds is 6. The molecule has 1 fully saturated rings. The number of benzene rings is 1. The zero-order valence-corrected chi connectivity index (χ0v) is 25.9. The van der Waals surface area contributed by atoms with Gasteiger partial charge < -0.3 is 15.3 Å². The van der Waals surface area contributed by atoms with Gasteiger partial charge in [-0.05, 0) is 61.1 Å². The van der Waals surface area contributed by atoms with E-state index in [0.717, 1.165) is 21.6 Å². The third-order valence-electron chi connectivity index (χ3n) is 7.82. The summed E-state index contributed by atoms with van der Waals surface area (Å²) in [6.45, 7) is 14.0. The minimum atomic E-state index is -0.839. The number of nitrogens with zero attached hydrogens (tertiary/aromatic N) is 2. The Kier molecular flexibility index (Phi) is 8.43. The van der Waals surface area contributed by atoms with Crippen LogP contribution in [0.1, 0.15) is 80.6 Å². The second-order valence-corrected chi connectivity index (χ2v) is 13.6. The first kappa shape index (κ1) is 30.4. The lowest BCUT2D eigenvalue weighted by atomic mass is 9.70. The topological polar surface area (TPSA) is 112 Å². The molecule has 3 amide bonds. The van der Waals surface area contributed by atoms with Gasteiger partial charge in [0.05, 0.1) is 22.8 Å². The van der Waals surface area contributed by atoms with Crippen molar-refractivity contribution in [2.24, 2.45) is 11.3 Å². The van der Waals surface area contributed by atoms with Crippen molar-refractivity contribution in [3.8, 4) is 11.1 Å². The molecule has 4 rings (SSSR count). The number of ketones is 1. The molecule has 1 saturated heterocycles. The van der Waals surface area contributed by atoms with Gasteiger partial charge in [-0.3, -0.25) is 19.9 Å². The van der Waals surface area contributed by atoms with E-state index in [1.54, 1.807) is 31.1 Å². The summed E-state index contributed by atoms with van der Waals surface area (Å²) in [6.07, 6.45) is 1.63. The van der Waals surface area contributed by atoms with E-state index in [4.69, 9.17) is 0 Å². The molecule has 0 saturated carbocycles. The molecule has 1 aliphatic heterocycles. The highest BCUT2D eigenvalue weighted by Crippen LogP contribution is 2.42. The van der Waals surface area contributed by atoms with Crippen molar-refractivity contribution >= 4 is 39.7 Å². The van der Waals surface area contributed by atoms with Crippen LogP contribution in [-0.4, -0.2) is 46.3 Å². The van der Waals surface area contributed by atoms with Crippen LogP contribution in [-0.2, 0) is 10.2 Å². The van der Waals surface area contributed by atoms with Crippen molar-refractivity contribution < 1.29 is 19.5 Å². The Bertz CT molecular complexity index is 1470. The number of anilines is 2. The van der Waals surface area contributed by atoms with E-state index in [2.05, 4.69) is 36.4 Å². The Balaban J connectivity index is 1.59. The molecule has 2 aromatic heterocycles. The average Bonchev–Trinajstić information content (AvgIpc) is 3.32. The number of aliphatic hydroxyl groups excluding tert-OH is 1. The van der Waals surface area contributed by atoms with Gasteiger partial charge in [0.15, 0.2) is 5.78 Å². The number of aliphatic hydroxyl groups is 1. The fourth-order valence-corrected chi connectivity index (χ4v) is 6.31. The molecule has 0 spiro atoms. The van der Waals surface area contributed by atoms with E-state index in [0.29, 0.717) is 34.9 Å². The van der Waals surface area contributed by atoms with Crippen LogP contribution in [0, 0.1) is 18.3 Å². The molecule has 2 unspecified atom stereocenters. The fourth-order valence-electron chi connectivity index (χ4n) is 5.20. The summed E-state index contributed by atoms with van der Waals surface area (Å²) in [5, 5.41) is 16.1. The molecule has 3 aromatic rings. The van der Waals surface area contributed by atoms with Gasteiger partial charge in [-0.25, -0.2) is 4.79 Å². The summed E-state index contributed by atoms with van der Waals surface area (Å²) in [5.41, 5.74) is 3.34. The number of Topliss-reactive ketones (excluding diaryl/α,β-unsaturated/α-hetero) is 1. The SMILES string of the molecule is Cc1ccc(NC(=O)Nc2sc(C(C)(C)C)cc2C(=O)C2CCN(C)C(=O)C2(C)C)cc1-c1ccc(C(C)O)nc1. The van der Waals surface area contributed by atoms with E-state index in [-0.39, 0.29) is 17.1 Å². The normalized spacial score (nSPS) is 17.7. The molecule has 2 atom stereocenters. The van der Waals surface area contributed by atoms with Crippen molar-refractivity contribution in [1.82, 2.24) is 9.88 Å². The van der Waals surface area contributed by atoms with Crippen molar-refractivity contribution in [3.05, 3.63) is 64.3 Å². The van der Waals surface area contributed by atoms with Crippen LogP contribution in [0.2, 0.25) is 0 Å². The monoisotopic (exact) mass is 576 g/mol. The summed E-state index contributed by atoms with van der Waals surface area (Å²) in [4.78, 5) is 47.1. The molecule has 3 heterocycles. The van der Waals surface area contributed by atoms with E-state index in [1.165, 1.54) is 11.3 Å². The Morgan fingerprint density at radius 2 is 1.85 bits per heavy atom. The van der Waals surface area contributed by atoms with E-state index < -0.39 is 23.5 Å². The van der Waals surface area contributed by atoms with Crippen LogP contribution in [0.25, 0.3) is 11.1 Å². The lowest BCUT2D eigenvalue weighted by Crippen LogP contribution is -2.51. The largest absolute Gasteiger partial charge is 0.387 e. The van der Waals surface area contributed by atoms with Gasteiger partial charge in [-0.2, -0.15) is 0 Å². The van der Waals surface area contributed by atoms with Crippen LogP contribution in [0.4, 0.5) is 15.5 Å². The number of amides is 3. The molecule has 1 aromatic carbocycles. The molecule has 9 heteroatoms. The maximum atomic E-state index is 13.9. The van der Waals surface area contributed by atoms with Crippen molar-refractivity contribution in [2.45, 2.75) is 66.4 Å². The Morgan fingerprint density at radius 1 is 1.15 bits per heavy atom. The molecule has 8 nitrogen and oxygen atoms in total. The smallest absolute Gasteiger partial charge is 0.324 e. The van der Waals surface area contributed by atoms with Gasteiger partial charge in [0.25, 0.3) is 0 Å². The Hall–Kier alpha value is -3.56. The summed E-state index contributed by atoms with van der Waals surface area (Å²) < 4.78 is 0. The van der Waals surface area contributed by atoms with Gasteiger partial charge in [-0.1, -0.05) is 46.8 Å². The van der Waals surface area contributed by atoms with E-state index in [9.17, 15) is 19.5 Å². The first-order valence-corrected chi connectivity index (χ1v) is 14.7. The lowest BCUT2D eigenvalue weighted by molar-refractivity contribution is -0.145. The second kappa shape index (κ2) is 11.4. The second-order valence-electron chi connectivity index (χ2n) is 12.5. The van der Waals surface area contributed by atoms with Gasteiger partial charge in [0.2, 0.25) is 5.91 Å². The number of nitrogens with one attached hydrogen (secondary N) is 2. The maximum Gasteiger partial charge on any atom is 0.324 e. The van der Waals surface area contributed by atoms with Gasteiger partial charge >= 0.3 is 6.03 Å². The minimum Gasteiger partial charge on any atom is -0.387 e. The van der Waals surface area contributed by atoms with Gasteiger partial charge in [0.1, 0.15) is 5.00 Å². The number of thiophene rings is 1. The highest BCUT2D eigenvalue weighted by atomic mass is 32.1. The molecule has 218 valence electrons. The number of aromatic nitrogens is 1. The van der Waals surface area contributed by atoms with E-state index in [1.807, 2.05) is 51.1 Å². The molecule has 1 aliphatic rings. The fraction of sp³-hybridized carbons (Fsp3) is 0.438. The zero-order chi connectivity index (χ0) is 30.3. The number of likely N-dealkylation sites (tertiary alicyclic amines) is 1. The average molecular weight is 577 g/mol. The lowest BCUT2D eigenvalue weighted by Gasteiger charge is -2.40. The van der Waals surface area contributed by atoms with Crippen LogP contribution < -0.4 is 10.6 Å². The Morgan fingerprint density at radius 3 is 2.46 bits per heavy atom. The van der Waals surface area contributed by atoms with Crippen molar-refractivity contribution in [2.75, 3.05) is 24.2 Å². The zero-order valence-electron chi connectivity index (χ0n) is 25.1. The summed E-state index contributed by atoms with van der Waals surface area (Å²) >= 11 is 1.39. The summed E-state index contributed by atoms with van der Waals surface area (Å²) in [6, 6.07) is 10.7. The van der Waals surface area contributed by atoms with E-state index >= 15 is 0 Å².